The molecule has 0 saturated heterocycles. The first-order valence-electron chi connectivity index (χ1n) is 5.47. The Bertz CT molecular complexity index is 238. The van der Waals surface area contributed by atoms with Crippen molar-refractivity contribution in [1.29, 1.82) is 0 Å². The molecule has 1 aromatic heterocycles. The van der Waals surface area contributed by atoms with Crippen molar-refractivity contribution in [2.75, 3.05) is 11.5 Å². The second-order valence-electron chi connectivity index (χ2n) is 3.58. The Hall–Kier alpha value is -0.160. The van der Waals surface area contributed by atoms with Crippen LogP contribution in [-0.2, 0) is 13.0 Å². The molecule has 3 nitrogen and oxygen atoms in total. The maximum absolute atomic E-state index is 4.18. The van der Waals surface area contributed by atoms with Crippen LogP contribution in [0.2, 0.25) is 0 Å². The topological polar surface area (TPSA) is 30.7 Å². The van der Waals surface area contributed by atoms with Gasteiger partial charge in [-0.25, -0.2) is 0 Å². The monoisotopic (exact) mass is 245 g/mol. The minimum Gasteiger partial charge on any atom is -0.252 e. The lowest BCUT2D eigenvalue weighted by Crippen LogP contribution is -1.98. The Morgan fingerprint density at radius 3 is 2.53 bits per heavy atom. The van der Waals surface area contributed by atoms with Gasteiger partial charge in [0, 0.05) is 12.7 Å². The van der Waals surface area contributed by atoms with Crippen molar-refractivity contribution >= 4 is 25.3 Å². The second-order valence-corrected chi connectivity index (χ2v) is 4.48. The van der Waals surface area contributed by atoms with Crippen LogP contribution < -0.4 is 0 Å². The predicted molar refractivity (Wildman–Crippen MR) is 69.9 cm³/mol. The van der Waals surface area contributed by atoms with Gasteiger partial charge in [-0.05, 0) is 43.6 Å². The molecular formula is C10H19N3S2. The zero-order chi connectivity index (χ0) is 10.9. The summed E-state index contributed by atoms with van der Waals surface area (Å²) < 4.78 is 1.93. The number of hydrogen-bond donors (Lipinski definition) is 2. The average molecular weight is 245 g/mol. The van der Waals surface area contributed by atoms with Crippen LogP contribution in [0.1, 0.15) is 31.4 Å². The molecule has 1 rings (SSSR count). The van der Waals surface area contributed by atoms with Crippen LogP contribution in [0.5, 0.6) is 0 Å². The van der Waals surface area contributed by atoms with E-state index in [1.54, 1.807) is 0 Å². The molecule has 0 fully saturated rings. The van der Waals surface area contributed by atoms with E-state index in [0.29, 0.717) is 0 Å². The lowest BCUT2D eigenvalue weighted by atomic mass is 10.2. The first-order valence-corrected chi connectivity index (χ1v) is 6.74. The molecule has 0 saturated carbocycles. The zero-order valence-corrected chi connectivity index (χ0v) is 10.8. The lowest BCUT2D eigenvalue weighted by Gasteiger charge is -1.97. The number of nitrogens with zero attached hydrogens (tertiary/aromatic N) is 3. The van der Waals surface area contributed by atoms with Crippen LogP contribution in [0, 0.1) is 0 Å². The Kier molecular flexibility index (Phi) is 6.92. The van der Waals surface area contributed by atoms with Crippen molar-refractivity contribution in [2.24, 2.45) is 0 Å². The van der Waals surface area contributed by atoms with E-state index < -0.39 is 0 Å². The Labute approximate surface area is 102 Å². The number of unbranched alkanes of at least 4 members (excludes halogenated alkanes) is 2. The molecule has 0 bridgehead atoms. The summed E-state index contributed by atoms with van der Waals surface area (Å²) in [6, 6.07) is 0. The van der Waals surface area contributed by atoms with E-state index in [0.717, 1.165) is 55.8 Å². The van der Waals surface area contributed by atoms with E-state index in [2.05, 4.69) is 41.8 Å². The van der Waals surface area contributed by atoms with E-state index in [1.165, 1.54) is 0 Å². The molecule has 0 aliphatic rings. The van der Waals surface area contributed by atoms with Gasteiger partial charge < -0.3 is 0 Å². The van der Waals surface area contributed by atoms with E-state index in [-0.39, 0.29) is 0 Å². The minimum atomic E-state index is 0.948. The summed E-state index contributed by atoms with van der Waals surface area (Å²) in [5, 5.41) is 8.23. The van der Waals surface area contributed by atoms with Crippen molar-refractivity contribution in [3.63, 3.8) is 0 Å². The third-order valence-electron chi connectivity index (χ3n) is 2.22. The normalized spacial score (nSPS) is 10.8. The van der Waals surface area contributed by atoms with Gasteiger partial charge in [0.1, 0.15) is 0 Å². The molecule has 0 aliphatic heterocycles. The standard InChI is InChI=1S/C10H19N3S2/c14-7-3-1-5-10-9-13(12-11-10)6-2-4-8-15/h9,14-15H,1-8H2. The number of aromatic nitrogens is 3. The van der Waals surface area contributed by atoms with Crippen molar-refractivity contribution < 1.29 is 0 Å². The maximum atomic E-state index is 4.18. The third-order valence-corrected chi connectivity index (χ3v) is 2.85. The highest BCUT2D eigenvalue weighted by atomic mass is 32.1. The largest absolute Gasteiger partial charge is 0.252 e. The first kappa shape index (κ1) is 12.9. The molecule has 5 heteroatoms. The quantitative estimate of drug-likeness (QED) is 0.543. The summed E-state index contributed by atoms with van der Waals surface area (Å²) >= 11 is 8.36. The summed E-state index contributed by atoms with van der Waals surface area (Å²) in [5.41, 5.74) is 1.10. The van der Waals surface area contributed by atoms with Crippen LogP contribution in [0.25, 0.3) is 0 Å². The third kappa shape index (κ3) is 5.47. The fraction of sp³-hybridized carbons (Fsp3) is 0.800. The molecular weight excluding hydrogens is 226 g/mol. The summed E-state index contributed by atoms with van der Waals surface area (Å²) in [4.78, 5) is 0. The van der Waals surface area contributed by atoms with Gasteiger partial charge in [0.15, 0.2) is 0 Å². The highest BCUT2D eigenvalue weighted by Gasteiger charge is 1.99. The van der Waals surface area contributed by atoms with Gasteiger partial charge in [-0.15, -0.1) is 5.10 Å². The van der Waals surface area contributed by atoms with E-state index in [9.17, 15) is 0 Å². The Morgan fingerprint density at radius 2 is 1.80 bits per heavy atom. The molecule has 0 unspecified atom stereocenters. The maximum Gasteiger partial charge on any atom is 0.0827 e. The second kappa shape index (κ2) is 8.05. The molecule has 0 radical (unpaired) electrons. The first-order chi connectivity index (χ1) is 7.36. The zero-order valence-electron chi connectivity index (χ0n) is 8.97. The highest BCUT2D eigenvalue weighted by molar-refractivity contribution is 7.80. The van der Waals surface area contributed by atoms with Gasteiger partial charge in [0.25, 0.3) is 0 Å². The molecule has 86 valence electrons. The van der Waals surface area contributed by atoms with Gasteiger partial charge in [0.2, 0.25) is 0 Å². The van der Waals surface area contributed by atoms with Crippen LogP contribution in [-0.4, -0.2) is 26.5 Å². The average Bonchev–Trinajstić information content (AvgIpc) is 2.67. The van der Waals surface area contributed by atoms with Gasteiger partial charge in [-0.1, -0.05) is 5.21 Å². The number of aryl methyl sites for hydroxylation is 2. The van der Waals surface area contributed by atoms with E-state index >= 15 is 0 Å². The van der Waals surface area contributed by atoms with Crippen LogP contribution >= 0.6 is 25.3 Å². The van der Waals surface area contributed by atoms with E-state index in [1.807, 2.05) is 4.68 Å². The van der Waals surface area contributed by atoms with Gasteiger partial charge in [-0.2, -0.15) is 25.3 Å². The van der Waals surface area contributed by atoms with Crippen LogP contribution in [0.15, 0.2) is 6.20 Å². The Balaban J connectivity index is 2.23. The highest BCUT2D eigenvalue weighted by Crippen LogP contribution is 2.03. The summed E-state index contributed by atoms with van der Waals surface area (Å²) in [6.45, 7) is 0.958. The van der Waals surface area contributed by atoms with Gasteiger partial charge in [0.05, 0.1) is 5.69 Å². The summed E-state index contributed by atoms with van der Waals surface area (Å²) in [7, 11) is 0. The smallest absolute Gasteiger partial charge is 0.0827 e. The van der Waals surface area contributed by atoms with Crippen molar-refractivity contribution in [2.45, 2.75) is 38.6 Å². The summed E-state index contributed by atoms with van der Waals surface area (Å²) in [5.74, 6) is 1.90. The SMILES string of the molecule is SCCCCc1cn(CCCCS)nn1. The van der Waals surface area contributed by atoms with Crippen molar-refractivity contribution in [3.8, 4) is 0 Å². The predicted octanol–water partition coefficient (Wildman–Crippen LogP) is 2.24. The number of rotatable bonds is 8. The number of thiol groups is 2. The molecule has 0 aromatic carbocycles. The number of hydrogen-bond acceptors (Lipinski definition) is 4. The van der Waals surface area contributed by atoms with Gasteiger partial charge >= 0.3 is 0 Å². The molecule has 0 amide bonds. The fourth-order valence-electron chi connectivity index (χ4n) is 1.37. The summed E-state index contributed by atoms with van der Waals surface area (Å²) in [6.07, 6.45) is 7.64. The lowest BCUT2D eigenvalue weighted by molar-refractivity contribution is 0.554. The van der Waals surface area contributed by atoms with Crippen molar-refractivity contribution in [1.82, 2.24) is 15.0 Å². The molecule has 1 aromatic rings. The molecule has 0 N–H and O–H groups in total. The Morgan fingerprint density at radius 1 is 1.07 bits per heavy atom. The molecule has 15 heavy (non-hydrogen) atoms. The van der Waals surface area contributed by atoms with Crippen LogP contribution in [0.3, 0.4) is 0 Å². The molecule has 0 aliphatic carbocycles. The molecule has 1 heterocycles. The van der Waals surface area contributed by atoms with Crippen molar-refractivity contribution in [3.05, 3.63) is 11.9 Å². The molecule has 0 spiro atoms. The van der Waals surface area contributed by atoms with Gasteiger partial charge in [-0.3, -0.25) is 4.68 Å². The van der Waals surface area contributed by atoms with Crippen LogP contribution in [0.4, 0.5) is 0 Å². The minimum absolute atomic E-state index is 0.948. The fourth-order valence-corrected chi connectivity index (χ4v) is 1.81. The molecule has 0 atom stereocenters. The van der Waals surface area contributed by atoms with E-state index in [4.69, 9.17) is 0 Å².